The first-order chi connectivity index (χ1) is 10.6. The van der Waals surface area contributed by atoms with Crippen molar-refractivity contribution in [1.29, 1.82) is 0 Å². The average Bonchev–Trinajstić information content (AvgIpc) is 2.54. The van der Waals surface area contributed by atoms with E-state index in [0.29, 0.717) is 6.42 Å². The van der Waals surface area contributed by atoms with Crippen molar-refractivity contribution in [2.24, 2.45) is 11.5 Å². The van der Waals surface area contributed by atoms with Crippen LogP contribution in [-0.4, -0.2) is 23.3 Å². The van der Waals surface area contributed by atoms with E-state index in [0.717, 1.165) is 18.4 Å². The minimum Gasteiger partial charge on any atom is -0.390 e. The number of aryl methyl sites for hydroxylation is 2. The Balaban J connectivity index is 1.83. The first kappa shape index (κ1) is 16.7. The molecule has 0 bridgehead atoms. The van der Waals surface area contributed by atoms with Crippen LogP contribution in [0.4, 0.5) is 0 Å². The summed E-state index contributed by atoms with van der Waals surface area (Å²) in [6.45, 7) is 2.07. The normalized spacial score (nSPS) is 15.3. The summed E-state index contributed by atoms with van der Waals surface area (Å²) in [6, 6.07) is 17.7. The van der Waals surface area contributed by atoms with E-state index in [1.807, 2.05) is 30.3 Å². The number of aliphatic hydroxyl groups is 1. The van der Waals surface area contributed by atoms with Gasteiger partial charge in [0.15, 0.2) is 0 Å². The molecule has 0 aliphatic carbocycles. The van der Waals surface area contributed by atoms with Crippen LogP contribution >= 0.6 is 0 Å². The van der Waals surface area contributed by atoms with Gasteiger partial charge >= 0.3 is 0 Å². The van der Waals surface area contributed by atoms with Crippen molar-refractivity contribution in [2.75, 3.05) is 0 Å². The lowest BCUT2D eigenvalue weighted by molar-refractivity contribution is 0.112. The molecule has 0 aliphatic rings. The fraction of sp³-hybridized carbons (Fsp3) is 0.368. The van der Waals surface area contributed by atoms with Crippen LogP contribution in [0.5, 0.6) is 0 Å². The number of nitrogens with two attached hydrogens (primary N) is 2. The van der Waals surface area contributed by atoms with Crippen LogP contribution < -0.4 is 11.5 Å². The summed E-state index contributed by atoms with van der Waals surface area (Å²) >= 11 is 0. The molecule has 0 aromatic heterocycles. The molecule has 1 unspecified atom stereocenters. The van der Waals surface area contributed by atoms with Gasteiger partial charge in [0.1, 0.15) is 0 Å². The summed E-state index contributed by atoms with van der Waals surface area (Å²) in [5.74, 6) is 0. The molecule has 0 fully saturated rings. The monoisotopic (exact) mass is 298 g/mol. The smallest absolute Gasteiger partial charge is 0.0844 e. The zero-order valence-electron chi connectivity index (χ0n) is 13.2. The van der Waals surface area contributed by atoms with Gasteiger partial charge in [0.05, 0.1) is 6.10 Å². The fourth-order valence-electron chi connectivity index (χ4n) is 2.58. The third kappa shape index (κ3) is 4.95. The van der Waals surface area contributed by atoms with Crippen LogP contribution in [-0.2, 0) is 12.8 Å². The fourth-order valence-corrected chi connectivity index (χ4v) is 2.58. The zero-order valence-corrected chi connectivity index (χ0v) is 13.2. The van der Waals surface area contributed by atoms with Crippen LogP contribution in [0.3, 0.4) is 0 Å². The molecule has 3 heteroatoms. The second kappa shape index (κ2) is 8.08. The molecular formula is C19H26N2O. The lowest BCUT2D eigenvalue weighted by Crippen LogP contribution is -2.48. The molecule has 0 saturated carbocycles. The Morgan fingerprint density at radius 3 is 2.14 bits per heavy atom. The first-order valence-electron chi connectivity index (χ1n) is 7.85. The Labute approximate surface area is 133 Å². The van der Waals surface area contributed by atoms with Gasteiger partial charge in [-0.2, -0.15) is 0 Å². The summed E-state index contributed by atoms with van der Waals surface area (Å²) in [5, 5.41) is 10.3. The molecule has 0 radical (unpaired) electrons. The molecule has 2 aromatic carbocycles. The van der Waals surface area contributed by atoms with Crippen molar-refractivity contribution < 1.29 is 5.11 Å². The molecule has 0 saturated heterocycles. The molecule has 0 amide bonds. The van der Waals surface area contributed by atoms with Crippen LogP contribution in [0.1, 0.15) is 23.1 Å². The van der Waals surface area contributed by atoms with Gasteiger partial charge in [0.2, 0.25) is 0 Å². The highest BCUT2D eigenvalue weighted by Crippen LogP contribution is 2.11. The Morgan fingerprint density at radius 1 is 0.864 bits per heavy atom. The van der Waals surface area contributed by atoms with E-state index in [1.165, 1.54) is 11.1 Å². The predicted molar refractivity (Wildman–Crippen MR) is 91.6 cm³/mol. The number of hydrogen-bond acceptors (Lipinski definition) is 3. The van der Waals surface area contributed by atoms with E-state index < -0.39 is 6.10 Å². The molecule has 5 N–H and O–H groups in total. The Morgan fingerprint density at radius 2 is 1.50 bits per heavy atom. The van der Waals surface area contributed by atoms with Crippen molar-refractivity contribution in [3.63, 3.8) is 0 Å². The maximum absolute atomic E-state index is 10.3. The van der Waals surface area contributed by atoms with Crippen molar-refractivity contribution >= 4 is 0 Å². The Kier molecular flexibility index (Phi) is 6.13. The maximum atomic E-state index is 10.3. The van der Waals surface area contributed by atoms with Crippen molar-refractivity contribution in [3.8, 4) is 0 Å². The lowest BCUT2D eigenvalue weighted by atomic mass is 9.94. The molecule has 0 spiro atoms. The van der Waals surface area contributed by atoms with Crippen LogP contribution in [0.15, 0.2) is 54.6 Å². The largest absolute Gasteiger partial charge is 0.390 e. The minimum absolute atomic E-state index is 0.306. The molecule has 0 heterocycles. The summed E-state index contributed by atoms with van der Waals surface area (Å²) < 4.78 is 0. The highest BCUT2D eigenvalue weighted by atomic mass is 16.3. The first-order valence-corrected chi connectivity index (χ1v) is 7.85. The second-order valence-corrected chi connectivity index (χ2v) is 6.03. The number of aliphatic hydroxyl groups excluding tert-OH is 1. The second-order valence-electron chi connectivity index (χ2n) is 6.03. The number of hydrogen-bond donors (Lipinski definition) is 3. The van der Waals surface area contributed by atoms with Crippen molar-refractivity contribution in [1.82, 2.24) is 0 Å². The Hall–Kier alpha value is -1.68. The third-order valence-electron chi connectivity index (χ3n) is 4.08. The van der Waals surface area contributed by atoms with Crippen LogP contribution in [0.2, 0.25) is 0 Å². The highest BCUT2D eigenvalue weighted by molar-refractivity contribution is 5.21. The van der Waals surface area contributed by atoms with E-state index in [1.54, 1.807) is 0 Å². The number of rotatable bonds is 7. The van der Waals surface area contributed by atoms with Crippen molar-refractivity contribution in [3.05, 3.63) is 71.3 Å². The van der Waals surface area contributed by atoms with E-state index in [2.05, 4.69) is 31.2 Å². The average molecular weight is 298 g/mol. The van der Waals surface area contributed by atoms with E-state index in [-0.39, 0.29) is 12.1 Å². The van der Waals surface area contributed by atoms with E-state index >= 15 is 0 Å². The molecule has 118 valence electrons. The molecule has 2 rings (SSSR count). The quantitative estimate of drug-likeness (QED) is 0.733. The van der Waals surface area contributed by atoms with Crippen LogP contribution in [0.25, 0.3) is 0 Å². The van der Waals surface area contributed by atoms with Gasteiger partial charge in [-0.3, -0.25) is 0 Å². The van der Waals surface area contributed by atoms with Gasteiger partial charge in [0.25, 0.3) is 0 Å². The minimum atomic E-state index is -0.689. The van der Waals surface area contributed by atoms with Crippen molar-refractivity contribution in [2.45, 2.75) is 44.4 Å². The van der Waals surface area contributed by atoms with Gasteiger partial charge in [0, 0.05) is 12.1 Å². The number of benzene rings is 2. The summed E-state index contributed by atoms with van der Waals surface area (Å²) in [6.07, 6.45) is 1.54. The Bertz CT molecular complexity index is 553. The molecule has 3 atom stereocenters. The molecule has 22 heavy (non-hydrogen) atoms. The molecule has 0 aliphatic heterocycles. The molecule has 3 nitrogen and oxygen atoms in total. The zero-order chi connectivity index (χ0) is 15.9. The van der Waals surface area contributed by atoms with Gasteiger partial charge in [-0.25, -0.2) is 0 Å². The molecule has 2 aromatic rings. The van der Waals surface area contributed by atoms with Crippen LogP contribution in [0, 0.1) is 6.92 Å². The standard InChI is InChI=1S/C19H26N2O/c1-14-7-9-15(10-8-14)11-12-17(20)19(22)18(21)13-16-5-3-2-4-6-16/h2-10,17-19,22H,11-13,20-21H2,1H3/t17?,18-,19+/m0/s1. The van der Waals surface area contributed by atoms with Gasteiger partial charge in [-0.15, -0.1) is 0 Å². The van der Waals surface area contributed by atoms with Gasteiger partial charge in [-0.05, 0) is 37.3 Å². The van der Waals surface area contributed by atoms with E-state index in [9.17, 15) is 5.11 Å². The van der Waals surface area contributed by atoms with Gasteiger partial charge < -0.3 is 16.6 Å². The maximum Gasteiger partial charge on any atom is 0.0844 e. The van der Waals surface area contributed by atoms with Gasteiger partial charge in [-0.1, -0.05) is 60.2 Å². The molecular weight excluding hydrogens is 272 g/mol. The summed E-state index contributed by atoms with van der Waals surface area (Å²) in [4.78, 5) is 0. The highest BCUT2D eigenvalue weighted by Gasteiger charge is 2.22. The third-order valence-corrected chi connectivity index (χ3v) is 4.08. The summed E-state index contributed by atoms with van der Waals surface area (Å²) in [5.41, 5.74) is 15.8. The summed E-state index contributed by atoms with van der Waals surface area (Å²) in [7, 11) is 0. The lowest BCUT2D eigenvalue weighted by Gasteiger charge is -2.25. The van der Waals surface area contributed by atoms with E-state index in [4.69, 9.17) is 11.5 Å². The topological polar surface area (TPSA) is 72.3 Å². The predicted octanol–water partition coefficient (Wildman–Crippen LogP) is 2.19. The SMILES string of the molecule is Cc1ccc(CCC(N)[C@@H](O)[C@@H](N)Cc2ccccc2)cc1.